The van der Waals surface area contributed by atoms with Crippen LogP contribution in [0.2, 0.25) is 0 Å². The van der Waals surface area contributed by atoms with Gasteiger partial charge in [-0.25, -0.2) is 9.97 Å². The molecule has 0 amide bonds. The molecule has 0 aliphatic heterocycles. The number of hydrogen-bond acceptors (Lipinski definition) is 6. The third-order valence-corrected chi connectivity index (χ3v) is 8.20. The van der Waals surface area contributed by atoms with Gasteiger partial charge in [0.05, 0.1) is 11.4 Å². The van der Waals surface area contributed by atoms with Crippen LogP contribution in [0.25, 0.3) is 78.4 Å². The predicted octanol–water partition coefficient (Wildman–Crippen LogP) is 9.73. The van der Waals surface area contributed by atoms with Gasteiger partial charge in [0, 0.05) is 88.5 Å². The molecule has 5 aromatic heterocycles. The summed E-state index contributed by atoms with van der Waals surface area (Å²) in [6, 6.07) is 41.4. The van der Waals surface area contributed by atoms with E-state index >= 15 is 0 Å². The van der Waals surface area contributed by atoms with E-state index in [0.717, 1.165) is 72.6 Å². The highest BCUT2D eigenvalue weighted by atomic mass is 14.9. The molecule has 6 heteroatoms. The molecule has 0 saturated heterocycles. The molecular formula is C42H28N6. The third kappa shape index (κ3) is 6.10. The molecule has 226 valence electrons. The van der Waals surface area contributed by atoms with Crippen LogP contribution in [0.3, 0.4) is 0 Å². The van der Waals surface area contributed by atoms with Crippen molar-refractivity contribution in [3.05, 3.63) is 171 Å². The Labute approximate surface area is 278 Å². The normalized spacial score (nSPS) is 10.9. The molecule has 48 heavy (non-hydrogen) atoms. The predicted molar refractivity (Wildman–Crippen MR) is 191 cm³/mol. The molecule has 5 heterocycles. The van der Waals surface area contributed by atoms with Crippen LogP contribution >= 0.6 is 0 Å². The number of aromatic nitrogens is 6. The summed E-state index contributed by atoms with van der Waals surface area (Å²) in [4.78, 5) is 27.9. The minimum Gasteiger partial charge on any atom is -0.264 e. The van der Waals surface area contributed by atoms with Crippen LogP contribution in [0.15, 0.2) is 171 Å². The van der Waals surface area contributed by atoms with Crippen LogP contribution in [0.4, 0.5) is 0 Å². The van der Waals surface area contributed by atoms with Crippen molar-refractivity contribution >= 4 is 0 Å². The summed E-state index contributed by atoms with van der Waals surface area (Å²) in [5.41, 5.74) is 12.7. The van der Waals surface area contributed by atoms with Crippen molar-refractivity contribution in [2.45, 2.75) is 0 Å². The summed E-state index contributed by atoms with van der Waals surface area (Å²) < 4.78 is 0. The molecule has 0 radical (unpaired) electrons. The van der Waals surface area contributed by atoms with E-state index in [1.807, 2.05) is 79.4 Å². The summed E-state index contributed by atoms with van der Waals surface area (Å²) in [5, 5.41) is 0. The highest BCUT2D eigenvalue weighted by Crippen LogP contribution is 2.36. The highest BCUT2D eigenvalue weighted by molar-refractivity contribution is 5.84. The van der Waals surface area contributed by atoms with Gasteiger partial charge in [-0.05, 0) is 89.0 Å². The molecule has 0 unspecified atom stereocenters. The average molecular weight is 617 g/mol. The first-order chi connectivity index (χ1) is 23.8. The molecule has 0 bridgehead atoms. The molecule has 8 rings (SSSR count). The first-order valence-corrected chi connectivity index (χ1v) is 15.6. The lowest BCUT2D eigenvalue weighted by atomic mass is 9.94. The van der Waals surface area contributed by atoms with Gasteiger partial charge in [0.2, 0.25) is 0 Å². The molecule has 6 nitrogen and oxygen atoms in total. The van der Waals surface area contributed by atoms with Crippen molar-refractivity contribution < 1.29 is 0 Å². The van der Waals surface area contributed by atoms with Gasteiger partial charge in [0.25, 0.3) is 0 Å². The summed E-state index contributed by atoms with van der Waals surface area (Å²) >= 11 is 0. The van der Waals surface area contributed by atoms with Gasteiger partial charge in [-0.2, -0.15) is 0 Å². The van der Waals surface area contributed by atoms with Crippen molar-refractivity contribution in [3.8, 4) is 78.4 Å². The van der Waals surface area contributed by atoms with Crippen molar-refractivity contribution in [1.82, 2.24) is 29.9 Å². The van der Waals surface area contributed by atoms with Crippen LogP contribution in [-0.4, -0.2) is 29.9 Å². The molecule has 0 fully saturated rings. The van der Waals surface area contributed by atoms with Crippen LogP contribution in [0.5, 0.6) is 0 Å². The number of benzene rings is 3. The average Bonchev–Trinajstić information content (AvgIpc) is 3.19. The van der Waals surface area contributed by atoms with E-state index in [1.54, 1.807) is 24.8 Å². The molecule has 3 aromatic carbocycles. The molecule has 0 aliphatic rings. The molecular weight excluding hydrogens is 589 g/mol. The van der Waals surface area contributed by atoms with Crippen LogP contribution in [0, 0.1) is 0 Å². The number of rotatable bonds is 7. The molecule has 0 saturated carbocycles. The van der Waals surface area contributed by atoms with E-state index in [4.69, 9.17) is 9.97 Å². The van der Waals surface area contributed by atoms with Gasteiger partial charge in [-0.1, -0.05) is 54.6 Å². The Bertz CT molecular complexity index is 2050. The lowest BCUT2D eigenvalue weighted by Crippen LogP contribution is -1.97. The standard InChI is InChI=1S/C42H28N6/c1-2-8-29(9-3-1)42-47-40(38-20-34(30-10-4-14-43-25-30)18-35(21-38)31-11-5-15-44-26-31)24-41(48-42)39-22-36(32-12-6-16-45-27-32)19-37(23-39)33-13-7-17-46-28-33/h1-28H. The second-order valence-corrected chi connectivity index (χ2v) is 11.4. The lowest BCUT2D eigenvalue weighted by Gasteiger charge is -2.14. The van der Waals surface area contributed by atoms with Crippen LogP contribution in [0.1, 0.15) is 0 Å². The van der Waals surface area contributed by atoms with E-state index < -0.39 is 0 Å². The van der Waals surface area contributed by atoms with Crippen molar-refractivity contribution in [2.75, 3.05) is 0 Å². The summed E-state index contributed by atoms with van der Waals surface area (Å²) in [7, 11) is 0. The zero-order chi connectivity index (χ0) is 32.1. The van der Waals surface area contributed by atoms with Crippen molar-refractivity contribution in [1.29, 1.82) is 0 Å². The lowest BCUT2D eigenvalue weighted by molar-refractivity contribution is 1.18. The van der Waals surface area contributed by atoms with Crippen LogP contribution < -0.4 is 0 Å². The summed E-state index contributed by atoms with van der Waals surface area (Å²) in [5.74, 6) is 0.646. The van der Waals surface area contributed by atoms with Gasteiger partial charge in [-0.15, -0.1) is 0 Å². The van der Waals surface area contributed by atoms with Gasteiger partial charge >= 0.3 is 0 Å². The van der Waals surface area contributed by atoms with E-state index in [0.29, 0.717) is 5.82 Å². The zero-order valence-electron chi connectivity index (χ0n) is 25.8. The molecule has 0 spiro atoms. The number of nitrogens with zero attached hydrogens (tertiary/aromatic N) is 6. The van der Waals surface area contributed by atoms with E-state index in [2.05, 4.69) is 86.7 Å². The second-order valence-electron chi connectivity index (χ2n) is 11.4. The smallest absolute Gasteiger partial charge is 0.160 e. The Morgan fingerprint density at radius 1 is 0.271 bits per heavy atom. The van der Waals surface area contributed by atoms with Gasteiger partial charge < -0.3 is 0 Å². The monoisotopic (exact) mass is 616 g/mol. The van der Waals surface area contributed by atoms with E-state index in [9.17, 15) is 0 Å². The SMILES string of the molecule is c1ccc(-c2nc(-c3cc(-c4cccnc4)cc(-c4cccnc4)c3)cc(-c3cc(-c4cccnc4)cc(-c4cccnc4)c3)n2)cc1. The topological polar surface area (TPSA) is 77.3 Å². The molecule has 8 aromatic rings. The Morgan fingerprint density at radius 3 is 0.938 bits per heavy atom. The summed E-state index contributed by atoms with van der Waals surface area (Å²) in [6.45, 7) is 0. The largest absolute Gasteiger partial charge is 0.264 e. The Balaban J connectivity index is 1.36. The van der Waals surface area contributed by atoms with E-state index in [1.165, 1.54) is 0 Å². The maximum Gasteiger partial charge on any atom is 0.160 e. The first-order valence-electron chi connectivity index (χ1n) is 15.6. The highest BCUT2D eigenvalue weighted by Gasteiger charge is 2.15. The van der Waals surface area contributed by atoms with E-state index in [-0.39, 0.29) is 0 Å². The van der Waals surface area contributed by atoms with Crippen molar-refractivity contribution in [2.24, 2.45) is 0 Å². The van der Waals surface area contributed by atoms with Crippen molar-refractivity contribution in [3.63, 3.8) is 0 Å². The third-order valence-electron chi connectivity index (χ3n) is 8.20. The Kier molecular flexibility index (Phi) is 7.79. The first kappa shape index (κ1) is 28.8. The van der Waals surface area contributed by atoms with Gasteiger partial charge in [0.1, 0.15) is 0 Å². The number of hydrogen-bond donors (Lipinski definition) is 0. The minimum absolute atomic E-state index is 0.646. The fourth-order valence-corrected chi connectivity index (χ4v) is 5.81. The zero-order valence-corrected chi connectivity index (χ0v) is 25.8. The second kappa shape index (κ2) is 13.0. The molecule has 0 atom stereocenters. The maximum absolute atomic E-state index is 5.17. The molecule has 0 N–H and O–H groups in total. The Hall–Kier alpha value is -6.66. The Morgan fingerprint density at radius 2 is 0.604 bits per heavy atom. The molecule has 0 aliphatic carbocycles. The number of pyridine rings is 4. The summed E-state index contributed by atoms with van der Waals surface area (Å²) in [6.07, 6.45) is 14.7. The fraction of sp³-hybridized carbons (Fsp3) is 0. The minimum atomic E-state index is 0.646. The maximum atomic E-state index is 5.17. The quantitative estimate of drug-likeness (QED) is 0.177. The van der Waals surface area contributed by atoms with Gasteiger partial charge in [-0.3, -0.25) is 19.9 Å². The fourth-order valence-electron chi connectivity index (χ4n) is 5.81. The van der Waals surface area contributed by atoms with Gasteiger partial charge in [0.15, 0.2) is 5.82 Å². The van der Waals surface area contributed by atoms with Crippen LogP contribution in [-0.2, 0) is 0 Å².